The summed E-state index contributed by atoms with van der Waals surface area (Å²) in [5.41, 5.74) is 0.848. The summed E-state index contributed by atoms with van der Waals surface area (Å²) in [5.74, 6) is 0.337. The second kappa shape index (κ2) is 5.38. The van der Waals surface area contributed by atoms with Gasteiger partial charge in [-0.1, -0.05) is 19.9 Å². The maximum absolute atomic E-state index is 12.5. The zero-order valence-corrected chi connectivity index (χ0v) is 12.8. The van der Waals surface area contributed by atoms with Gasteiger partial charge in [0.05, 0.1) is 0 Å². The number of piperidine rings is 1. The quantitative estimate of drug-likeness (QED) is 0.807. The number of alkyl halides is 1. The molecule has 6 heteroatoms. The molecule has 19 heavy (non-hydrogen) atoms. The van der Waals surface area contributed by atoms with E-state index in [9.17, 15) is 8.42 Å². The van der Waals surface area contributed by atoms with E-state index < -0.39 is 10.0 Å². The van der Waals surface area contributed by atoms with E-state index in [1.54, 1.807) is 10.4 Å². The van der Waals surface area contributed by atoms with Crippen LogP contribution in [0.1, 0.15) is 32.3 Å². The average Bonchev–Trinajstić information content (AvgIpc) is 2.37. The van der Waals surface area contributed by atoms with Crippen molar-refractivity contribution in [3.05, 3.63) is 23.9 Å². The summed E-state index contributed by atoms with van der Waals surface area (Å²) in [4.78, 5) is 4.03. The van der Waals surface area contributed by atoms with Crippen molar-refractivity contribution in [2.75, 3.05) is 13.1 Å². The number of aromatic nitrogens is 1. The molecule has 1 aliphatic rings. The van der Waals surface area contributed by atoms with Crippen molar-refractivity contribution in [3.63, 3.8) is 0 Å². The van der Waals surface area contributed by atoms with Gasteiger partial charge in [-0.2, -0.15) is 4.31 Å². The Hall–Kier alpha value is -0.650. The molecule has 1 aromatic heterocycles. The lowest BCUT2D eigenvalue weighted by Crippen LogP contribution is -2.43. The smallest absolute Gasteiger partial charge is 0.243 e. The van der Waals surface area contributed by atoms with Gasteiger partial charge in [0.1, 0.15) is 0 Å². The molecule has 0 spiro atoms. The Bertz CT molecular complexity index is 540. The van der Waals surface area contributed by atoms with Crippen LogP contribution in [0.5, 0.6) is 0 Å². The maximum Gasteiger partial charge on any atom is 0.260 e. The topological polar surface area (TPSA) is 50.3 Å². The molecule has 0 aromatic carbocycles. The summed E-state index contributed by atoms with van der Waals surface area (Å²) in [6.07, 6.45) is 3.47. The molecular formula is C13H19ClN2O2S. The third kappa shape index (κ3) is 3.27. The van der Waals surface area contributed by atoms with Crippen LogP contribution in [0.4, 0.5) is 0 Å². The molecule has 0 N–H and O–H groups in total. The molecule has 1 aliphatic heterocycles. The second-order valence-electron chi connectivity index (χ2n) is 5.74. The van der Waals surface area contributed by atoms with Crippen molar-refractivity contribution in [1.82, 2.24) is 9.29 Å². The summed E-state index contributed by atoms with van der Waals surface area (Å²) >= 11 is 5.68. The van der Waals surface area contributed by atoms with Crippen LogP contribution < -0.4 is 0 Å². The summed E-state index contributed by atoms with van der Waals surface area (Å²) < 4.78 is 26.6. The maximum atomic E-state index is 12.5. The van der Waals surface area contributed by atoms with Crippen LogP contribution in [0.25, 0.3) is 0 Å². The number of nitrogens with zero attached hydrogens (tertiary/aromatic N) is 2. The van der Waals surface area contributed by atoms with E-state index in [1.807, 2.05) is 0 Å². The Morgan fingerprint density at radius 3 is 2.68 bits per heavy atom. The van der Waals surface area contributed by atoms with E-state index in [0.717, 1.165) is 18.4 Å². The third-order valence-corrected chi connectivity index (χ3v) is 5.49. The highest BCUT2D eigenvalue weighted by atomic mass is 35.5. The molecule has 1 aromatic rings. The van der Waals surface area contributed by atoms with Gasteiger partial charge < -0.3 is 0 Å². The summed E-state index contributed by atoms with van der Waals surface area (Å²) in [5, 5.41) is 0.110. The molecule has 0 saturated carbocycles. The zero-order chi connectivity index (χ0) is 14.1. The highest BCUT2D eigenvalue weighted by Crippen LogP contribution is 2.31. The Kier molecular flexibility index (Phi) is 4.18. The highest BCUT2D eigenvalue weighted by Gasteiger charge is 2.34. The van der Waals surface area contributed by atoms with Crippen molar-refractivity contribution >= 4 is 21.6 Å². The number of rotatable bonds is 3. The normalized spacial score (nSPS) is 20.4. The van der Waals surface area contributed by atoms with Crippen LogP contribution in [0.2, 0.25) is 0 Å². The van der Waals surface area contributed by atoms with Gasteiger partial charge in [0.2, 0.25) is 0 Å². The minimum Gasteiger partial charge on any atom is -0.243 e. The first-order valence-electron chi connectivity index (χ1n) is 6.36. The number of pyridine rings is 1. The Morgan fingerprint density at radius 2 is 2.16 bits per heavy atom. The molecule has 4 nitrogen and oxygen atoms in total. The minimum absolute atomic E-state index is 0.0292. The van der Waals surface area contributed by atoms with Crippen molar-refractivity contribution in [2.24, 2.45) is 5.41 Å². The minimum atomic E-state index is -3.48. The van der Waals surface area contributed by atoms with Gasteiger partial charge in [0.25, 0.3) is 10.0 Å². The molecule has 2 heterocycles. The molecule has 0 bridgehead atoms. The predicted octanol–water partition coefficient (Wildman–Crippen LogP) is 2.63. The lowest BCUT2D eigenvalue weighted by Gasteiger charge is -2.36. The molecule has 0 unspecified atom stereocenters. The van der Waals surface area contributed by atoms with Crippen LogP contribution >= 0.6 is 11.6 Å². The molecular weight excluding hydrogens is 284 g/mol. The largest absolute Gasteiger partial charge is 0.260 e. The second-order valence-corrected chi connectivity index (χ2v) is 7.90. The number of halogens is 1. The molecule has 0 aliphatic carbocycles. The summed E-state index contributed by atoms with van der Waals surface area (Å²) in [7, 11) is -3.48. The van der Waals surface area contributed by atoms with E-state index in [1.165, 1.54) is 12.3 Å². The molecule has 1 fully saturated rings. The number of hydrogen-bond acceptors (Lipinski definition) is 3. The van der Waals surface area contributed by atoms with E-state index in [4.69, 9.17) is 11.6 Å². The fraction of sp³-hybridized carbons (Fsp3) is 0.615. The standard InChI is InChI=1S/C13H19ClN2O2S/c1-13(2)6-3-7-16(10-13)19(17,18)12-5-4-11(8-14)9-15-12/h4-5,9H,3,6-8,10H2,1-2H3. The molecule has 0 atom stereocenters. The SMILES string of the molecule is CC1(C)CCCN(S(=O)(=O)c2ccc(CCl)cn2)C1. The first-order valence-corrected chi connectivity index (χ1v) is 8.34. The lowest BCUT2D eigenvalue weighted by atomic mass is 9.85. The van der Waals surface area contributed by atoms with Gasteiger partial charge in [-0.15, -0.1) is 11.6 Å². The van der Waals surface area contributed by atoms with Crippen molar-refractivity contribution in [1.29, 1.82) is 0 Å². The predicted molar refractivity (Wildman–Crippen MR) is 75.6 cm³/mol. The third-order valence-electron chi connectivity index (χ3n) is 3.42. The van der Waals surface area contributed by atoms with Crippen molar-refractivity contribution < 1.29 is 8.42 Å². The van der Waals surface area contributed by atoms with Gasteiger partial charge in [0.15, 0.2) is 5.03 Å². The van der Waals surface area contributed by atoms with Gasteiger partial charge >= 0.3 is 0 Å². The molecule has 0 radical (unpaired) electrons. The van der Waals surface area contributed by atoms with Gasteiger partial charge in [0, 0.05) is 25.2 Å². The van der Waals surface area contributed by atoms with Crippen LogP contribution in [0, 0.1) is 5.41 Å². The Balaban J connectivity index is 2.26. The molecule has 2 rings (SSSR count). The lowest BCUT2D eigenvalue weighted by molar-refractivity contribution is 0.186. The number of sulfonamides is 1. The average molecular weight is 303 g/mol. The molecule has 0 amide bonds. The van der Waals surface area contributed by atoms with Crippen LogP contribution in [-0.4, -0.2) is 30.8 Å². The first-order chi connectivity index (χ1) is 8.85. The van der Waals surface area contributed by atoms with Gasteiger partial charge in [-0.3, -0.25) is 0 Å². The van der Waals surface area contributed by atoms with E-state index in [2.05, 4.69) is 18.8 Å². The van der Waals surface area contributed by atoms with Gasteiger partial charge in [-0.05, 0) is 29.9 Å². The molecule has 106 valence electrons. The summed E-state index contributed by atoms with van der Waals surface area (Å²) in [6.45, 7) is 5.32. The fourth-order valence-electron chi connectivity index (χ4n) is 2.35. The van der Waals surface area contributed by atoms with E-state index in [0.29, 0.717) is 19.0 Å². The zero-order valence-electron chi connectivity index (χ0n) is 11.3. The van der Waals surface area contributed by atoms with E-state index in [-0.39, 0.29) is 10.4 Å². The Morgan fingerprint density at radius 1 is 1.42 bits per heavy atom. The first kappa shape index (κ1) is 14.8. The van der Waals surface area contributed by atoms with Crippen LogP contribution in [0.3, 0.4) is 0 Å². The van der Waals surface area contributed by atoms with Crippen LogP contribution in [-0.2, 0) is 15.9 Å². The summed E-state index contributed by atoms with van der Waals surface area (Å²) in [6, 6.07) is 3.25. The van der Waals surface area contributed by atoms with Crippen molar-refractivity contribution in [3.8, 4) is 0 Å². The van der Waals surface area contributed by atoms with Crippen molar-refractivity contribution in [2.45, 2.75) is 37.6 Å². The Labute approximate surface area is 119 Å². The van der Waals surface area contributed by atoms with Crippen LogP contribution in [0.15, 0.2) is 23.4 Å². The highest BCUT2D eigenvalue weighted by molar-refractivity contribution is 7.89. The molecule has 1 saturated heterocycles. The number of hydrogen-bond donors (Lipinski definition) is 0. The fourth-order valence-corrected chi connectivity index (χ4v) is 4.09. The van der Waals surface area contributed by atoms with Gasteiger partial charge in [-0.25, -0.2) is 13.4 Å². The van der Waals surface area contributed by atoms with E-state index >= 15 is 0 Å². The monoisotopic (exact) mass is 302 g/mol.